The Bertz CT molecular complexity index is 1100. The molecule has 1 N–H and O–H groups in total. The highest BCUT2D eigenvalue weighted by molar-refractivity contribution is 7.99. The summed E-state index contributed by atoms with van der Waals surface area (Å²) in [4.78, 5) is 28.8. The average Bonchev–Trinajstić information content (AvgIpc) is 2.75. The number of benzene rings is 3. The molecule has 1 aliphatic heterocycles. The van der Waals surface area contributed by atoms with Crippen LogP contribution in [0.1, 0.15) is 22.8 Å². The number of carbonyl (C=O) groups is 2. The van der Waals surface area contributed by atoms with E-state index in [1.165, 1.54) is 6.92 Å². The molecule has 0 radical (unpaired) electrons. The van der Waals surface area contributed by atoms with Gasteiger partial charge < -0.3 is 5.32 Å². The quantitative estimate of drug-likeness (QED) is 0.409. The van der Waals surface area contributed by atoms with E-state index in [-0.39, 0.29) is 18.2 Å². The van der Waals surface area contributed by atoms with Gasteiger partial charge in [0.05, 0.1) is 17.9 Å². The normalized spacial score (nSPS) is 12.3. The lowest BCUT2D eigenvalue weighted by atomic mass is 10.1. The first-order valence-electron chi connectivity index (χ1n) is 9.73. The molecule has 152 valence electrons. The number of halogens is 1. The fourth-order valence-corrected chi connectivity index (χ4v) is 4.56. The molecule has 30 heavy (non-hydrogen) atoms. The van der Waals surface area contributed by atoms with Crippen molar-refractivity contribution in [1.82, 2.24) is 5.32 Å². The van der Waals surface area contributed by atoms with Crippen molar-refractivity contribution in [3.63, 3.8) is 0 Å². The summed E-state index contributed by atoms with van der Waals surface area (Å²) in [6.45, 7) is 2.42. The second kappa shape index (κ2) is 9.04. The Morgan fingerprint density at radius 3 is 2.47 bits per heavy atom. The Morgan fingerprint density at radius 2 is 1.70 bits per heavy atom. The summed E-state index contributed by atoms with van der Waals surface area (Å²) in [6.07, 6.45) is 0.807. The molecule has 0 fully saturated rings. The third-order valence-corrected chi connectivity index (χ3v) is 6.34. The molecule has 0 aliphatic carbocycles. The number of nitrogens with one attached hydrogen (secondary N) is 1. The van der Waals surface area contributed by atoms with Crippen molar-refractivity contribution in [1.29, 1.82) is 0 Å². The van der Waals surface area contributed by atoms with E-state index in [1.54, 1.807) is 16.7 Å². The monoisotopic (exact) mass is 436 g/mol. The van der Waals surface area contributed by atoms with E-state index in [4.69, 9.17) is 11.6 Å². The largest absolute Gasteiger partial charge is 0.308 e. The smallest absolute Gasteiger partial charge is 0.245 e. The Morgan fingerprint density at radius 1 is 0.967 bits per heavy atom. The summed E-state index contributed by atoms with van der Waals surface area (Å²) in [5.41, 5.74) is 3.37. The predicted octanol–water partition coefficient (Wildman–Crippen LogP) is 5.50. The number of amides is 1. The molecule has 0 atom stereocenters. The van der Waals surface area contributed by atoms with Crippen LogP contribution in [-0.2, 0) is 11.2 Å². The van der Waals surface area contributed by atoms with Gasteiger partial charge in [-0.25, -0.2) is 0 Å². The molecule has 0 spiro atoms. The van der Waals surface area contributed by atoms with Gasteiger partial charge in [-0.15, -0.1) is 0 Å². The van der Waals surface area contributed by atoms with Crippen LogP contribution >= 0.6 is 23.4 Å². The third kappa shape index (κ3) is 4.43. The van der Waals surface area contributed by atoms with Crippen molar-refractivity contribution in [2.75, 3.05) is 18.0 Å². The average molecular weight is 437 g/mol. The van der Waals surface area contributed by atoms with Gasteiger partial charge in [-0.1, -0.05) is 53.7 Å². The summed E-state index contributed by atoms with van der Waals surface area (Å²) in [5.74, 6) is -0.0732. The molecule has 1 aliphatic rings. The Hall–Kier alpha value is -2.60. The lowest BCUT2D eigenvalue weighted by Gasteiger charge is -2.31. The number of nitrogens with zero attached hydrogens (tertiary/aromatic N) is 1. The molecule has 0 saturated carbocycles. The van der Waals surface area contributed by atoms with E-state index in [0.29, 0.717) is 17.1 Å². The zero-order valence-electron chi connectivity index (χ0n) is 16.5. The molecular formula is C24H21ClN2O2S. The SMILES string of the molecule is CC(=O)c1ccc2c(c1)N(C(=O)CNCCc1ccc(Cl)cc1)c1ccccc1S2. The standard InChI is InChI=1S/C24H21ClN2O2S/c1-16(28)18-8-11-23-21(14-18)27(20-4-2-3-5-22(20)30-23)24(29)15-26-13-12-17-6-9-19(25)10-7-17/h2-11,14,26H,12-13,15H2,1H3. The highest BCUT2D eigenvalue weighted by Gasteiger charge is 2.28. The Labute approximate surface area is 185 Å². The van der Waals surface area contributed by atoms with E-state index in [1.807, 2.05) is 66.7 Å². The van der Waals surface area contributed by atoms with Crippen molar-refractivity contribution in [3.05, 3.63) is 82.9 Å². The molecule has 6 heteroatoms. The minimum atomic E-state index is -0.0548. The first kappa shape index (κ1) is 20.7. The van der Waals surface area contributed by atoms with Crippen molar-refractivity contribution >= 4 is 46.4 Å². The van der Waals surface area contributed by atoms with Gasteiger partial charge in [0, 0.05) is 20.4 Å². The first-order chi connectivity index (χ1) is 14.5. The van der Waals surface area contributed by atoms with Gasteiger partial charge in [0.1, 0.15) is 0 Å². The van der Waals surface area contributed by atoms with Crippen LogP contribution in [0.4, 0.5) is 11.4 Å². The maximum Gasteiger partial charge on any atom is 0.245 e. The Balaban J connectivity index is 1.52. The number of hydrogen-bond acceptors (Lipinski definition) is 4. The number of anilines is 2. The molecule has 4 nitrogen and oxygen atoms in total. The molecular weight excluding hydrogens is 416 g/mol. The third-order valence-electron chi connectivity index (χ3n) is 4.96. The number of ketones is 1. The molecule has 0 saturated heterocycles. The molecule has 0 bridgehead atoms. The molecule has 0 unspecified atom stereocenters. The highest BCUT2D eigenvalue weighted by atomic mass is 35.5. The minimum absolute atomic E-state index is 0.0184. The number of fused-ring (bicyclic) bond motifs is 2. The van der Waals surface area contributed by atoms with Crippen LogP contribution in [0.5, 0.6) is 0 Å². The minimum Gasteiger partial charge on any atom is -0.308 e. The maximum atomic E-state index is 13.2. The van der Waals surface area contributed by atoms with Crippen LogP contribution in [0.25, 0.3) is 0 Å². The molecule has 3 aromatic carbocycles. The lowest BCUT2D eigenvalue weighted by Crippen LogP contribution is -2.37. The maximum absolute atomic E-state index is 13.2. The van der Waals surface area contributed by atoms with E-state index in [2.05, 4.69) is 5.32 Å². The van der Waals surface area contributed by atoms with Crippen molar-refractivity contribution in [3.8, 4) is 0 Å². The number of rotatable bonds is 6. The summed E-state index contributed by atoms with van der Waals surface area (Å²) in [6, 6.07) is 21.1. The fourth-order valence-electron chi connectivity index (χ4n) is 3.40. The van der Waals surface area contributed by atoms with Crippen LogP contribution in [0, 0.1) is 0 Å². The van der Waals surface area contributed by atoms with Crippen molar-refractivity contribution in [2.45, 2.75) is 23.1 Å². The van der Waals surface area contributed by atoms with Gasteiger partial charge in [-0.2, -0.15) is 0 Å². The van der Waals surface area contributed by atoms with E-state index in [0.717, 1.165) is 33.2 Å². The zero-order chi connectivity index (χ0) is 21.1. The topological polar surface area (TPSA) is 49.4 Å². The molecule has 3 aromatic rings. The van der Waals surface area contributed by atoms with Crippen molar-refractivity contribution < 1.29 is 9.59 Å². The zero-order valence-corrected chi connectivity index (χ0v) is 18.1. The summed E-state index contributed by atoms with van der Waals surface area (Å²) in [7, 11) is 0. The van der Waals surface area contributed by atoms with Gasteiger partial charge in [0.15, 0.2) is 5.78 Å². The van der Waals surface area contributed by atoms with Crippen LogP contribution < -0.4 is 10.2 Å². The van der Waals surface area contributed by atoms with Crippen molar-refractivity contribution in [2.24, 2.45) is 0 Å². The summed E-state index contributed by atoms with van der Waals surface area (Å²) >= 11 is 7.54. The second-order valence-electron chi connectivity index (χ2n) is 7.09. The first-order valence-corrected chi connectivity index (χ1v) is 10.9. The predicted molar refractivity (Wildman–Crippen MR) is 122 cm³/mol. The van der Waals surface area contributed by atoms with E-state index in [9.17, 15) is 9.59 Å². The highest BCUT2D eigenvalue weighted by Crippen LogP contribution is 2.48. The Kier molecular flexibility index (Phi) is 6.23. The van der Waals surface area contributed by atoms with Crippen LogP contribution in [-0.4, -0.2) is 24.8 Å². The van der Waals surface area contributed by atoms with Crippen LogP contribution in [0.3, 0.4) is 0 Å². The number of carbonyl (C=O) groups excluding carboxylic acids is 2. The fraction of sp³-hybridized carbons (Fsp3) is 0.167. The second-order valence-corrected chi connectivity index (χ2v) is 8.61. The van der Waals surface area contributed by atoms with Crippen LogP contribution in [0.15, 0.2) is 76.5 Å². The summed E-state index contributed by atoms with van der Waals surface area (Å²) < 4.78 is 0. The molecule has 1 heterocycles. The molecule has 0 aromatic heterocycles. The molecule has 1 amide bonds. The van der Waals surface area contributed by atoms with Gasteiger partial charge in [-0.05, 0) is 61.9 Å². The number of Topliss-reactive ketones (excluding diaryl/α,β-unsaturated/α-hetero) is 1. The van der Waals surface area contributed by atoms with Crippen LogP contribution in [0.2, 0.25) is 5.02 Å². The van der Waals surface area contributed by atoms with Gasteiger partial charge in [-0.3, -0.25) is 14.5 Å². The van der Waals surface area contributed by atoms with Gasteiger partial charge >= 0.3 is 0 Å². The summed E-state index contributed by atoms with van der Waals surface area (Å²) in [5, 5.41) is 3.96. The van der Waals surface area contributed by atoms with Gasteiger partial charge in [0.2, 0.25) is 5.91 Å². The van der Waals surface area contributed by atoms with E-state index < -0.39 is 0 Å². The number of para-hydroxylation sites is 1. The number of hydrogen-bond donors (Lipinski definition) is 1. The van der Waals surface area contributed by atoms with E-state index >= 15 is 0 Å². The van der Waals surface area contributed by atoms with Gasteiger partial charge in [0.25, 0.3) is 0 Å². The lowest BCUT2D eigenvalue weighted by molar-refractivity contribution is -0.117. The molecule has 4 rings (SSSR count).